The summed E-state index contributed by atoms with van der Waals surface area (Å²) < 4.78 is 5.15. The average Bonchev–Trinajstić information content (AvgIpc) is 2.48. The first-order valence-electron chi connectivity index (χ1n) is 6.40. The predicted molar refractivity (Wildman–Crippen MR) is 79.8 cm³/mol. The van der Waals surface area contributed by atoms with E-state index in [0.717, 1.165) is 17.0 Å². The lowest BCUT2D eigenvalue weighted by atomic mass is 9.92. The van der Waals surface area contributed by atoms with E-state index in [4.69, 9.17) is 16.3 Å². The van der Waals surface area contributed by atoms with E-state index in [9.17, 15) is 4.79 Å². The number of anilines is 1. The van der Waals surface area contributed by atoms with Crippen molar-refractivity contribution in [1.82, 2.24) is 0 Å². The summed E-state index contributed by atoms with van der Waals surface area (Å²) >= 11 is 5.93. The summed E-state index contributed by atoms with van der Waals surface area (Å²) in [4.78, 5) is 12.2. The lowest BCUT2D eigenvalue weighted by Crippen LogP contribution is -2.22. The van der Waals surface area contributed by atoms with E-state index in [0.29, 0.717) is 17.0 Å². The van der Waals surface area contributed by atoms with Crippen molar-refractivity contribution in [2.75, 3.05) is 12.4 Å². The third-order valence-corrected chi connectivity index (χ3v) is 3.75. The van der Waals surface area contributed by atoms with Gasteiger partial charge in [-0.15, -0.1) is 0 Å². The first kappa shape index (κ1) is 13.0. The molecule has 102 valence electrons. The third-order valence-electron chi connectivity index (χ3n) is 3.52. The van der Waals surface area contributed by atoms with Gasteiger partial charge in [-0.3, -0.25) is 4.79 Å². The second-order valence-electron chi connectivity index (χ2n) is 4.79. The normalized spacial score (nSPS) is 17.3. The Bertz CT molecular complexity index is 652. The molecule has 0 radical (unpaired) electrons. The minimum Gasteiger partial charge on any atom is -0.497 e. The van der Waals surface area contributed by atoms with Crippen molar-refractivity contribution in [3.8, 4) is 5.75 Å². The highest BCUT2D eigenvalue weighted by Gasteiger charge is 2.25. The zero-order valence-corrected chi connectivity index (χ0v) is 11.8. The first-order chi connectivity index (χ1) is 9.67. The monoisotopic (exact) mass is 287 g/mol. The summed E-state index contributed by atoms with van der Waals surface area (Å²) in [7, 11) is 1.64. The number of ether oxygens (including phenoxy) is 1. The van der Waals surface area contributed by atoms with E-state index in [-0.39, 0.29) is 11.8 Å². The summed E-state index contributed by atoms with van der Waals surface area (Å²) in [5.41, 5.74) is 2.58. The molecule has 1 N–H and O–H groups in total. The predicted octanol–water partition coefficient (Wildman–Crippen LogP) is 4.09. The average molecular weight is 288 g/mol. The number of hydrogen-bond donors (Lipinski definition) is 1. The molecule has 0 amide bonds. The molecule has 20 heavy (non-hydrogen) atoms. The molecule has 0 saturated carbocycles. The van der Waals surface area contributed by atoms with Gasteiger partial charge in [-0.05, 0) is 35.9 Å². The number of fused-ring (bicyclic) bond motifs is 1. The van der Waals surface area contributed by atoms with Crippen LogP contribution in [0.15, 0.2) is 42.5 Å². The molecule has 4 heteroatoms. The van der Waals surface area contributed by atoms with E-state index >= 15 is 0 Å². The number of carbonyl (C=O) groups is 1. The van der Waals surface area contributed by atoms with Crippen molar-refractivity contribution in [2.24, 2.45) is 0 Å². The fourth-order valence-corrected chi connectivity index (χ4v) is 2.62. The van der Waals surface area contributed by atoms with Crippen molar-refractivity contribution in [3.05, 3.63) is 58.6 Å². The second kappa shape index (κ2) is 5.17. The molecule has 1 heterocycles. The Morgan fingerprint density at radius 3 is 2.65 bits per heavy atom. The van der Waals surface area contributed by atoms with Crippen LogP contribution >= 0.6 is 11.6 Å². The Morgan fingerprint density at radius 1 is 1.20 bits per heavy atom. The minimum atomic E-state index is -0.0120. The Balaban J connectivity index is 1.90. The van der Waals surface area contributed by atoms with E-state index in [2.05, 4.69) is 5.32 Å². The zero-order chi connectivity index (χ0) is 14.1. The van der Waals surface area contributed by atoms with Crippen LogP contribution in [-0.4, -0.2) is 12.9 Å². The van der Waals surface area contributed by atoms with Crippen LogP contribution in [0.4, 0.5) is 5.69 Å². The fourth-order valence-electron chi connectivity index (χ4n) is 2.44. The Morgan fingerprint density at radius 2 is 1.95 bits per heavy atom. The summed E-state index contributed by atoms with van der Waals surface area (Å²) in [5, 5.41) is 3.97. The molecule has 0 aromatic heterocycles. The summed E-state index contributed by atoms with van der Waals surface area (Å²) in [6.45, 7) is 0. The van der Waals surface area contributed by atoms with Gasteiger partial charge in [0.15, 0.2) is 5.78 Å². The lowest BCUT2D eigenvalue weighted by Gasteiger charge is -2.26. The Hall–Kier alpha value is -2.00. The molecule has 0 aliphatic carbocycles. The number of ketones is 1. The standard InChI is InChI=1S/C16H14ClNO2/c1-20-12-5-2-10(3-6-12)15-9-16(19)13-8-11(17)4-7-14(13)18-15/h2-8,15,18H,9H2,1H3. The van der Waals surface area contributed by atoms with Crippen LogP contribution < -0.4 is 10.1 Å². The maximum atomic E-state index is 12.2. The molecular formula is C16H14ClNO2. The molecule has 0 spiro atoms. The van der Waals surface area contributed by atoms with Gasteiger partial charge in [0.1, 0.15) is 5.75 Å². The molecule has 3 rings (SSSR count). The molecule has 0 saturated heterocycles. The number of rotatable bonds is 2. The molecule has 0 fully saturated rings. The van der Waals surface area contributed by atoms with Gasteiger partial charge in [0.05, 0.1) is 13.2 Å². The number of halogens is 1. The SMILES string of the molecule is COc1ccc(C2CC(=O)c3cc(Cl)ccc3N2)cc1. The fraction of sp³-hybridized carbons (Fsp3) is 0.188. The molecule has 1 unspecified atom stereocenters. The van der Waals surface area contributed by atoms with Gasteiger partial charge in [-0.1, -0.05) is 23.7 Å². The van der Waals surface area contributed by atoms with Gasteiger partial charge in [-0.2, -0.15) is 0 Å². The molecule has 2 aromatic rings. The van der Waals surface area contributed by atoms with Crippen molar-refractivity contribution in [2.45, 2.75) is 12.5 Å². The van der Waals surface area contributed by atoms with Gasteiger partial charge in [-0.25, -0.2) is 0 Å². The van der Waals surface area contributed by atoms with Crippen LogP contribution in [0.25, 0.3) is 0 Å². The number of hydrogen-bond acceptors (Lipinski definition) is 3. The number of nitrogens with one attached hydrogen (secondary N) is 1. The first-order valence-corrected chi connectivity index (χ1v) is 6.78. The van der Waals surface area contributed by atoms with Gasteiger partial charge < -0.3 is 10.1 Å². The number of benzene rings is 2. The number of carbonyl (C=O) groups excluding carboxylic acids is 1. The number of methoxy groups -OCH3 is 1. The minimum absolute atomic E-state index is 0.0120. The van der Waals surface area contributed by atoms with Crippen molar-refractivity contribution in [1.29, 1.82) is 0 Å². The van der Waals surface area contributed by atoms with E-state index in [1.54, 1.807) is 19.2 Å². The van der Waals surface area contributed by atoms with Crippen molar-refractivity contribution >= 4 is 23.1 Å². The van der Waals surface area contributed by atoms with E-state index in [1.165, 1.54) is 0 Å². The summed E-state index contributed by atoms with van der Waals surface area (Å²) in [5.74, 6) is 0.921. The zero-order valence-electron chi connectivity index (χ0n) is 11.0. The largest absolute Gasteiger partial charge is 0.497 e. The summed E-state index contributed by atoms with van der Waals surface area (Å²) in [6, 6.07) is 13.1. The Kier molecular flexibility index (Phi) is 3.36. The van der Waals surface area contributed by atoms with Crippen LogP contribution in [0.3, 0.4) is 0 Å². The third kappa shape index (κ3) is 2.37. The van der Waals surface area contributed by atoms with Crippen molar-refractivity contribution < 1.29 is 9.53 Å². The highest BCUT2D eigenvalue weighted by atomic mass is 35.5. The van der Waals surface area contributed by atoms with Crippen LogP contribution in [0.1, 0.15) is 28.4 Å². The van der Waals surface area contributed by atoms with Crippen molar-refractivity contribution in [3.63, 3.8) is 0 Å². The highest BCUT2D eigenvalue weighted by Crippen LogP contribution is 2.34. The Labute approximate surface area is 122 Å². The maximum Gasteiger partial charge on any atom is 0.167 e. The van der Waals surface area contributed by atoms with Gasteiger partial charge >= 0.3 is 0 Å². The highest BCUT2D eigenvalue weighted by molar-refractivity contribution is 6.31. The quantitative estimate of drug-likeness (QED) is 0.904. The van der Waals surface area contributed by atoms with Crippen LogP contribution in [-0.2, 0) is 0 Å². The topological polar surface area (TPSA) is 38.3 Å². The molecule has 3 nitrogen and oxygen atoms in total. The molecule has 1 aliphatic rings. The van der Waals surface area contributed by atoms with Crippen LogP contribution in [0, 0.1) is 0 Å². The molecule has 0 bridgehead atoms. The smallest absolute Gasteiger partial charge is 0.167 e. The van der Waals surface area contributed by atoms with E-state index in [1.807, 2.05) is 30.3 Å². The molecule has 1 aliphatic heterocycles. The number of Topliss-reactive ketones (excluding diaryl/α,β-unsaturated/α-hetero) is 1. The molecular weight excluding hydrogens is 274 g/mol. The van der Waals surface area contributed by atoms with E-state index < -0.39 is 0 Å². The molecule has 2 aromatic carbocycles. The second-order valence-corrected chi connectivity index (χ2v) is 5.22. The van der Waals surface area contributed by atoms with Gasteiger partial charge in [0, 0.05) is 22.7 Å². The van der Waals surface area contributed by atoms with Gasteiger partial charge in [0.2, 0.25) is 0 Å². The maximum absolute atomic E-state index is 12.2. The van der Waals surface area contributed by atoms with Crippen LogP contribution in [0.2, 0.25) is 5.02 Å². The molecule has 1 atom stereocenters. The summed E-state index contributed by atoms with van der Waals surface area (Å²) in [6.07, 6.45) is 0.430. The van der Waals surface area contributed by atoms with Gasteiger partial charge in [0.25, 0.3) is 0 Å². The lowest BCUT2D eigenvalue weighted by molar-refractivity contribution is 0.0972. The van der Waals surface area contributed by atoms with Crippen LogP contribution in [0.5, 0.6) is 5.75 Å².